The Morgan fingerprint density at radius 1 is 0.889 bits per heavy atom. The molecule has 0 bridgehead atoms. The van der Waals surface area contributed by atoms with Crippen molar-refractivity contribution in [3.63, 3.8) is 0 Å². The largest absolute Gasteiger partial charge is 0.497 e. The van der Waals surface area contributed by atoms with Crippen LogP contribution in [0.4, 0.5) is 15.8 Å². The SMILES string of the molecule is COc1cccc(NC(=O)c2cncc(C(=O)Nc3cccc(F)c3)c2)c1. The number of nitrogens with zero attached hydrogens (tertiary/aromatic N) is 1. The van der Waals surface area contributed by atoms with E-state index < -0.39 is 17.6 Å². The molecule has 0 aliphatic rings. The summed E-state index contributed by atoms with van der Waals surface area (Å²) in [6.07, 6.45) is 2.69. The number of carbonyl (C=O) groups excluding carboxylic acids is 2. The molecule has 0 unspecified atom stereocenters. The highest BCUT2D eigenvalue weighted by molar-refractivity contribution is 6.08. The average Bonchev–Trinajstić information content (AvgIpc) is 2.68. The van der Waals surface area contributed by atoms with Crippen molar-refractivity contribution in [3.05, 3.63) is 83.9 Å². The van der Waals surface area contributed by atoms with Crippen molar-refractivity contribution in [2.75, 3.05) is 17.7 Å². The minimum absolute atomic E-state index is 0.178. The second-order valence-electron chi connectivity index (χ2n) is 5.61. The lowest BCUT2D eigenvalue weighted by atomic mass is 10.1. The molecule has 0 saturated heterocycles. The number of nitrogens with one attached hydrogen (secondary N) is 2. The molecule has 2 N–H and O–H groups in total. The predicted octanol–water partition coefficient (Wildman–Crippen LogP) is 3.73. The molecule has 27 heavy (non-hydrogen) atoms. The van der Waals surface area contributed by atoms with E-state index in [9.17, 15) is 14.0 Å². The van der Waals surface area contributed by atoms with Crippen LogP contribution < -0.4 is 15.4 Å². The van der Waals surface area contributed by atoms with Crippen molar-refractivity contribution < 1.29 is 18.7 Å². The standard InChI is InChI=1S/C20H16FN3O3/c1-27-18-7-3-6-17(10-18)24-20(26)14-8-13(11-22-12-14)19(25)23-16-5-2-4-15(21)9-16/h2-12H,1H3,(H,23,25)(H,24,26). The quantitative estimate of drug-likeness (QED) is 0.722. The summed E-state index contributed by atoms with van der Waals surface area (Å²) in [5, 5.41) is 5.28. The summed E-state index contributed by atoms with van der Waals surface area (Å²) in [7, 11) is 1.53. The van der Waals surface area contributed by atoms with Crippen LogP contribution in [0.3, 0.4) is 0 Å². The first-order valence-electron chi connectivity index (χ1n) is 8.02. The number of amides is 2. The fraction of sp³-hybridized carbons (Fsp3) is 0.0500. The summed E-state index contributed by atoms with van der Waals surface area (Å²) in [5.74, 6) is -0.772. The van der Waals surface area contributed by atoms with Gasteiger partial charge in [-0.25, -0.2) is 4.39 Å². The lowest BCUT2D eigenvalue weighted by Gasteiger charge is -2.08. The molecule has 6 nitrogen and oxygen atoms in total. The van der Waals surface area contributed by atoms with Gasteiger partial charge in [0.1, 0.15) is 11.6 Å². The summed E-state index contributed by atoms with van der Waals surface area (Å²) in [6, 6.07) is 13.8. The Balaban J connectivity index is 1.74. The summed E-state index contributed by atoms with van der Waals surface area (Å²) in [5.41, 5.74) is 1.25. The number of benzene rings is 2. The molecule has 2 amide bonds. The monoisotopic (exact) mass is 365 g/mol. The van der Waals surface area contributed by atoms with Gasteiger partial charge in [-0.3, -0.25) is 14.6 Å². The van der Waals surface area contributed by atoms with E-state index in [0.29, 0.717) is 17.1 Å². The third-order valence-corrected chi connectivity index (χ3v) is 3.67. The van der Waals surface area contributed by atoms with Crippen LogP contribution in [0.2, 0.25) is 0 Å². The fourth-order valence-electron chi connectivity index (χ4n) is 2.36. The van der Waals surface area contributed by atoms with E-state index >= 15 is 0 Å². The van der Waals surface area contributed by atoms with Gasteiger partial charge in [0.2, 0.25) is 0 Å². The molecule has 0 saturated carbocycles. The lowest BCUT2D eigenvalue weighted by Crippen LogP contribution is -2.16. The van der Waals surface area contributed by atoms with E-state index in [2.05, 4.69) is 15.6 Å². The van der Waals surface area contributed by atoms with Crippen LogP contribution in [-0.2, 0) is 0 Å². The first kappa shape index (κ1) is 18.1. The Kier molecular flexibility index (Phi) is 5.41. The summed E-state index contributed by atoms with van der Waals surface area (Å²) in [4.78, 5) is 28.7. The van der Waals surface area contributed by atoms with Gasteiger partial charge in [-0.05, 0) is 36.4 Å². The van der Waals surface area contributed by atoms with E-state index in [1.54, 1.807) is 30.3 Å². The van der Waals surface area contributed by atoms with Crippen LogP contribution in [0.15, 0.2) is 67.0 Å². The number of methoxy groups -OCH3 is 1. The second-order valence-corrected chi connectivity index (χ2v) is 5.61. The lowest BCUT2D eigenvalue weighted by molar-refractivity contribution is 0.102. The number of carbonyl (C=O) groups is 2. The maximum atomic E-state index is 13.2. The van der Waals surface area contributed by atoms with E-state index in [-0.39, 0.29) is 11.1 Å². The van der Waals surface area contributed by atoms with Crippen molar-refractivity contribution in [1.82, 2.24) is 4.98 Å². The predicted molar refractivity (Wildman–Crippen MR) is 99.5 cm³/mol. The molecule has 3 aromatic rings. The van der Waals surface area contributed by atoms with Crippen molar-refractivity contribution in [2.24, 2.45) is 0 Å². The average molecular weight is 365 g/mol. The number of anilines is 2. The minimum atomic E-state index is -0.496. The Hall–Kier alpha value is -3.74. The summed E-state index contributed by atoms with van der Waals surface area (Å²) >= 11 is 0. The number of halogens is 1. The Morgan fingerprint density at radius 3 is 2.07 bits per heavy atom. The highest BCUT2D eigenvalue weighted by atomic mass is 19.1. The van der Waals surface area contributed by atoms with Gasteiger partial charge >= 0.3 is 0 Å². The van der Waals surface area contributed by atoms with Crippen LogP contribution >= 0.6 is 0 Å². The van der Waals surface area contributed by atoms with E-state index in [1.165, 1.54) is 43.8 Å². The molecule has 0 radical (unpaired) electrons. The van der Waals surface area contributed by atoms with Gasteiger partial charge in [-0.1, -0.05) is 12.1 Å². The van der Waals surface area contributed by atoms with Gasteiger partial charge in [0.05, 0.1) is 18.2 Å². The molecule has 0 spiro atoms. The molecule has 2 aromatic carbocycles. The fourth-order valence-corrected chi connectivity index (χ4v) is 2.36. The summed E-state index contributed by atoms with van der Waals surface area (Å²) in [6.45, 7) is 0. The zero-order valence-corrected chi connectivity index (χ0v) is 14.4. The van der Waals surface area contributed by atoms with Gasteiger partial charge in [0, 0.05) is 29.8 Å². The third-order valence-electron chi connectivity index (χ3n) is 3.67. The van der Waals surface area contributed by atoms with Gasteiger partial charge in [-0.15, -0.1) is 0 Å². The normalized spacial score (nSPS) is 10.1. The molecule has 136 valence electrons. The molecule has 0 aliphatic carbocycles. The van der Waals surface area contributed by atoms with Crippen molar-refractivity contribution in [2.45, 2.75) is 0 Å². The van der Waals surface area contributed by atoms with E-state index in [4.69, 9.17) is 4.74 Å². The van der Waals surface area contributed by atoms with Crippen LogP contribution in [0, 0.1) is 5.82 Å². The van der Waals surface area contributed by atoms with Crippen molar-refractivity contribution in [3.8, 4) is 5.75 Å². The number of hydrogen-bond donors (Lipinski definition) is 2. The van der Waals surface area contributed by atoms with Crippen LogP contribution in [0.5, 0.6) is 5.75 Å². The zero-order chi connectivity index (χ0) is 19.2. The van der Waals surface area contributed by atoms with Crippen LogP contribution in [0.25, 0.3) is 0 Å². The maximum absolute atomic E-state index is 13.2. The third kappa shape index (κ3) is 4.66. The topological polar surface area (TPSA) is 80.3 Å². The van der Waals surface area contributed by atoms with Gasteiger partial charge in [-0.2, -0.15) is 0 Å². The van der Waals surface area contributed by atoms with E-state index in [0.717, 1.165) is 0 Å². The zero-order valence-electron chi connectivity index (χ0n) is 14.4. The molecule has 0 aliphatic heterocycles. The van der Waals surface area contributed by atoms with E-state index in [1.807, 2.05) is 0 Å². The van der Waals surface area contributed by atoms with Crippen LogP contribution in [-0.4, -0.2) is 23.9 Å². The second kappa shape index (κ2) is 8.09. The van der Waals surface area contributed by atoms with Gasteiger partial charge in [0.25, 0.3) is 11.8 Å². The summed E-state index contributed by atoms with van der Waals surface area (Å²) < 4.78 is 18.3. The van der Waals surface area contributed by atoms with Gasteiger partial charge < -0.3 is 15.4 Å². The van der Waals surface area contributed by atoms with Crippen LogP contribution in [0.1, 0.15) is 20.7 Å². The molecule has 1 heterocycles. The molecule has 1 aromatic heterocycles. The molecule has 0 atom stereocenters. The molecular formula is C20H16FN3O3. The molecule has 3 rings (SSSR count). The number of rotatable bonds is 5. The first-order chi connectivity index (χ1) is 13.0. The number of hydrogen-bond acceptors (Lipinski definition) is 4. The first-order valence-corrected chi connectivity index (χ1v) is 8.02. The van der Waals surface area contributed by atoms with Crippen molar-refractivity contribution in [1.29, 1.82) is 0 Å². The van der Waals surface area contributed by atoms with Gasteiger partial charge in [0.15, 0.2) is 0 Å². The highest BCUT2D eigenvalue weighted by Crippen LogP contribution is 2.18. The molecule has 0 fully saturated rings. The number of pyridine rings is 1. The maximum Gasteiger partial charge on any atom is 0.257 e. The molecular weight excluding hydrogens is 349 g/mol. The Labute approximate surface area is 155 Å². The Bertz CT molecular complexity index is 991. The number of aromatic nitrogens is 1. The Morgan fingerprint density at radius 2 is 1.48 bits per heavy atom. The smallest absolute Gasteiger partial charge is 0.257 e. The highest BCUT2D eigenvalue weighted by Gasteiger charge is 2.12. The number of ether oxygens (including phenoxy) is 1. The molecule has 7 heteroatoms. The minimum Gasteiger partial charge on any atom is -0.497 e. The van der Waals surface area contributed by atoms with Crippen molar-refractivity contribution >= 4 is 23.2 Å².